The first-order valence-electron chi connectivity index (χ1n) is 8.14. The van der Waals surface area contributed by atoms with E-state index in [1.165, 1.54) is 0 Å². The summed E-state index contributed by atoms with van der Waals surface area (Å²) in [5, 5.41) is 2.85. The van der Waals surface area contributed by atoms with Gasteiger partial charge in [0.05, 0.1) is 0 Å². The van der Waals surface area contributed by atoms with E-state index < -0.39 is 0 Å². The van der Waals surface area contributed by atoms with Crippen molar-refractivity contribution >= 4 is 11.8 Å². The molecule has 24 heavy (non-hydrogen) atoms. The molecule has 1 aromatic carbocycles. The van der Waals surface area contributed by atoms with E-state index in [1.807, 2.05) is 12.1 Å². The Morgan fingerprint density at radius 1 is 1.12 bits per heavy atom. The van der Waals surface area contributed by atoms with Gasteiger partial charge in [-0.1, -0.05) is 19.4 Å². The molecule has 0 aliphatic heterocycles. The summed E-state index contributed by atoms with van der Waals surface area (Å²) in [5.41, 5.74) is 1.99. The van der Waals surface area contributed by atoms with Crippen LogP contribution in [-0.2, 0) is 6.54 Å². The normalized spacial score (nSPS) is 10.2. The average molecular weight is 325 g/mol. The van der Waals surface area contributed by atoms with E-state index in [1.54, 1.807) is 48.6 Å². The summed E-state index contributed by atoms with van der Waals surface area (Å²) < 4.78 is 0. The van der Waals surface area contributed by atoms with Crippen LogP contribution < -0.4 is 5.32 Å². The van der Waals surface area contributed by atoms with Crippen molar-refractivity contribution in [2.45, 2.75) is 26.3 Å². The van der Waals surface area contributed by atoms with Crippen LogP contribution in [0.3, 0.4) is 0 Å². The first kappa shape index (κ1) is 17.7. The van der Waals surface area contributed by atoms with Crippen molar-refractivity contribution in [3.05, 3.63) is 65.5 Å². The van der Waals surface area contributed by atoms with Crippen molar-refractivity contribution in [2.24, 2.45) is 0 Å². The van der Waals surface area contributed by atoms with Crippen LogP contribution in [0.2, 0.25) is 0 Å². The molecule has 0 spiro atoms. The average Bonchev–Trinajstić information content (AvgIpc) is 2.64. The zero-order valence-electron chi connectivity index (χ0n) is 14.2. The van der Waals surface area contributed by atoms with Gasteiger partial charge < -0.3 is 10.2 Å². The monoisotopic (exact) mass is 325 g/mol. The number of rotatable bonds is 7. The molecular weight excluding hydrogens is 302 g/mol. The maximum absolute atomic E-state index is 12.4. The minimum absolute atomic E-state index is 0.0627. The van der Waals surface area contributed by atoms with Gasteiger partial charge in [0.15, 0.2) is 0 Å². The second kappa shape index (κ2) is 8.82. The molecule has 0 radical (unpaired) electrons. The van der Waals surface area contributed by atoms with Gasteiger partial charge >= 0.3 is 0 Å². The number of nitrogens with one attached hydrogen (secondary N) is 1. The third-order valence-electron chi connectivity index (χ3n) is 3.77. The van der Waals surface area contributed by atoms with Crippen LogP contribution in [0, 0.1) is 0 Å². The number of nitrogens with zero attached hydrogens (tertiary/aromatic N) is 2. The molecule has 0 fully saturated rings. The Bertz CT molecular complexity index is 686. The van der Waals surface area contributed by atoms with Crippen LogP contribution in [0.4, 0.5) is 0 Å². The van der Waals surface area contributed by atoms with Gasteiger partial charge in [-0.2, -0.15) is 0 Å². The minimum atomic E-state index is -0.197. The highest BCUT2D eigenvalue weighted by atomic mass is 16.2. The first-order chi connectivity index (χ1) is 11.6. The molecule has 2 aromatic rings. The largest absolute Gasteiger partial charge is 0.348 e. The van der Waals surface area contributed by atoms with E-state index in [4.69, 9.17) is 0 Å². The molecule has 0 aliphatic rings. The maximum atomic E-state index is 12.4. The zero-order chi connectivity index (χ0) is 17.4. The van der Waals surface area contributed by atoms with Crippen molar-refractivity contribution in [1.29, 1.82) is 0 Å². The number of hydrogen-bond donors (Lipinski definition) is 1. The molecule has 5 nitrogen and oxygen atoms in total. The maximum Gasteiger partial charge on any atom is 0.253 e. The summed E-state index contributed by atoms with van der Waals surface area (Å²) >= 11 is 0. The van der Waals surface area contributed by atoms with Crippen LogP contribution in [0.1, 0.15) is 46.0 Å². The number of carbonyl (C=O) groups is 2. The van der Waals surface area contributed by atoms with E-state index in [9.17, 15) is 9.59 Å². The molecule has 2 rings (SSSR count). The Kier molecular flexibility index (Phi) is 6.49. The Morgan fingerprint density at radius 3 is 2.54 bits per heavy atom. The molecule has 0 aliphatic carbocycles. The van der Waals surface area contributed by atoms with Gasteiger partial charge in [-0.05, 0) is 42.3 Å². The van der Waals surface area contributed by atoms with Crippen molar-refractivity contribution in [3.8, 4) is 0 Å². The van der Waals surface area contributed by atoms with Gasteiger partial charge in [0.25, 0.3) is 11.8 Å². The number of benzene rings is 1. The van der Waals surface area contributed by atoms with E-state index in [-0.39, 0.29) is 11.8 Å². The predicted octanol–water partition coefficient (Wildman–Crippen LogP) is 2.88. The number of pyridine rings is 1. The second-order valence-corrected chi connectivity index (χ2v) is 5.70. The fourth-order valence-corrected chi connectivity index (χ4v) is 2.30. The molecule has 5 heteroatoms. The summed E-state index contributed by atoms with van der Waals surface area (Å²) in [6, 6.07) is 10.5. The van der Waals surface area contributed by atoms with Crippen LogP contribution in [0.5, 0.6) is 0 Å². The Hall–Kier alpha value is -2.69. The minimum Gasteiger partial charge on any atom is -0.348 e. The number of hydrogen-bond acceptors (Lipinski definition) is 3. The lowest BCUT2D eigenvalue weighted by Crippen LogP contribution is -2.28. The van der Waals surface area contributed by atoms with Gasteiger partial charge in [-0.15, -0.1) is 0 Å². The van der Waals surface area contributed by atoms with Crippen molar-refractivity contribution in [3.63, 3.8) is 0 Å². The van der Waals surface area contributed by atoms with Crippen LogP contribution >= 0.6 is 0 Å². The Labute approximate surface area is 142 Å². The molecule has 1 N–H and O–H groups in total. The Balaban J connectivity index is 2.01. The van der Waals surface area contributed by atoms with E-state index in [2.05, 4.69) is 17.2 Å². The smallest absolute Gasteiger partial charge is 0.253 e. The van der Waals surface area contributed by atoms with E-state index >= 15 is 0 Å². The summed E-state index contributed by atoms with van der Waals surface area (Å²) in [5.74, 6) is -0.259. The molecule has 0 saturated heterocycles. The number of amides is 2. The van der Waals surface area contributed by atoms with Gasteiger partial charge in [0.1, 0.15) is 0 Å². The standard InChI is InChI=1S/C19H23N3O2/c1-3-4-12-22(2)19(24)17-7-5-6-16(13-17)18(23)21-14-15-8-10-20-11-9-15/h5-11,13H,3-4,12,14H2,1-2H3,(H,21,23). The lowest BCUT2D eigenvalue weighted by Gasteiger charge is -2.17. The number of unbranched alkanes of at least 4 members (excludes halogenated alkanes) is 1. The highest BCUT2D eigenvalue weighted by molar-refractivity contribution is 5.99. The number of aromatic nitrogens is 1. The zero-order valence-corrected chi connectivity index (χ0v) is 14.2. The van der Waals surface area contributed by atoms with Crippen LogP contribution in [0.25, 0.3) is 0 Å². The third kappa shape index (κ3) is 4.91. The third-order valence-corrected chi connectivity index (χ3v) is 3.77. The van der Waals surface area contributed by atoms with Crippen LogP contribution in [0.15, 0.2) is 48.8 Å². The summed E-state index contributed by atoms with van der Waals surface area (Å²) in [6.45, 7) is 3.23. The molecular formula is C19H23N3O2. The molecule has 0 atom stereocenters. The highest BCUT2D eigenvalue weighted by Crippen LogP contribution is 2.09. The van der Waals surface area contributed by atoms with Crippen molar-refractivity contribution in [1.82, 2.24) is 15.2 Å². The van der Waals surface area contributed by atoms with Crippen LogP contribution in [-0.4, -0.2) is 35.3 Å². The first-order valence-corrected chi connectivity index (χ1v) is 8.14. The van der Waals surface area contributed by atoms with Gasteiger partial charge in [-0.3, -0.25) is 14.6 Å². The van der Waals surface area contributed by atoms with Gasteiger partial charge in [0, 0.05) is 43.7 Å². The van der Waals surface area contributed by atoms with Gasteiger partial charge in [-0.25, -0.2) is 0 Å². The quantitative estimate of drug-likeness (QED) is 0.851. The molecule has 1 heterocycles. The summed E-state index contributed by atoms with van der Waals surface area (Å²) in [4.78, 5) is 30.3. The molecule has 0 unspecified atom stereocenters. The SMILES string of the molecule is CCCCN(C)C(=O)c1cccc(C(=O)NCc2ccncc2)c1. The van der Waals surface area contributed by atoms with Crippen molar-refractivity contribution in [2.75, 3.05) is 13.6 Å². The molecule has 0 bridgehead atoms. The van der Waals surface area contributed by atoms with Gasteiger partial charge in [0.2, 0.25) is 0 Å². The predicted molar refractivity (Wildman–Crippen MR) is 93.7 cm³/mol. The second-order valence-electron chi connectivity index (χ2n) is 5.70. The molecule has 126 valence electrons. The topological polar surface area (TPSA) is 62.3 Å². The lowest BCUT2D eigenvalue weighted by atomic mass is 10.1. The molecule has 1 aromatic heterocycles. The number of carbonyl (C=O) groups excluding carboxylic acids is 2. The summed E-state index contributed by atoms with van der Waals surface area (Å²) in [6.07, 6.45) is 5.38. The van der Waals surface area contributed by atoms with E-state index in [0.29, 0.717) is 24.2 Å². The Morgan fingerprint density at radius 2 is 1.83 bits per heavy atom. The fourth-order valence-electron chi connectivity index (χ4n) is 2.30. The van der Waals surface area contributed by atoms with E-state index in [0.717, 1.165) is 18.4 Å². The molecule has 0 saturated carbocycles. The van der Waals surface area contributed by atoms with Crippen molar-refractivity contribution < 1.29 is 9.59 Å². The fraction of sp³-hybridized carbons (Fsp3) is 0.316. The summed E-state index contributed by atoms with van der Waals surface area (Å²) in [7, 11) is 1.79. The lowest BCUT2D eigenvalue weighted by molar-refractivity contribution is 0.0793. The molecule has 2 amide bonds. The highest BCUT2D eigenvalue weighted by Gasteiger charge is 2.13.